The van der Waals surface area contributed by atoms with Gasteiger partial charge in [-0.25, -0.2) is 9.67 Å². The third kappa shape index (κ3) is 2.98. The molecule has 1 aromatic carbocycles. The van der Waals surface area contributed by atoms with Gasteiger partial charge in [0, 0.05) is 43.3 Å². The number of carbonyl (C=O) groups excluding carboxylic acids is 1. The van der Waals surface area contributed by atoms with Gasteiger partial charge in [-0.05, 0) is 49.2 Å². The number of pyridine rings is 1. The van der Waals surface area contributed by atoms with Crippen molar-refractivity contribution < 1.29 is 4.79 Å². The maximum atomic E-state index is 12.1. The van der Waals surface area contributed by atoms with Crippen LogP contribution in [0.1, 0.15) is 18.9 Å². The molecule has 0 radical (unpaired) electrons. The molecule has 1 N–H and O–H groups in total. The first kappa shape index (κ1) is 15.4. The summed E-state index contributed by atoms with van der Waals surface area (Å²) in [5, 5.41) is 7.53. The summed E-state index contributed by atoms with van der Waals surface area (Å²) >= 11 is 0. The minimum absolute atomic E-state index is 0.177. The van der Waals surface area contributed by atoms with Crippen LogP contribution >= 0.6 is 0 Å². The molecule has 0 saturated heterocycles. The van der Waals surface area contributed by atoms with Crippen molar-refractivity contribution in [2.24, 2.45) is 0 Å². The predicted molar refractivity (Wildman–Crippen MR) is 97.4 cm³/mol. The standard InChI is InChI=1S/C19H19N5O/c1-2-23-17-12-18(20-13-14(17)4-9-19(23)25)22-15-5-7-16(8-6-15)24-11-3-10-21-24/h3,5-8,10-13H,2,4,9H2,1H3,(H,20,22). The summed E-state index contributed by atoms with van der Waals surface area (Å²) in [4.78, 5) is 18.4. The Morgan fingerprint density at radius 1 is 1.20 bits per heavy atom. The van der Waals surface area contributed by atoms with Gasteiger partial charge in [0.25, 0.3) is 0 Å². The fraction of sp³-hybridized carbons (Fsp3) is 0.211. The minimum atomic E-state index is 0.177. The smallest absolute Gasteiger partial charge is 0.227 e. The molecule has 1 amide bonds. The molecule has 25 heavy (non-hydrogen) atoms. The highest BCUT2D eigenvalue weighted by Gasteiger charge is 2.23. The Kier molecular flexibility index (Phi) is 3.93. The highest BCUT2D eigenvalue weighted by molar-refractivity contribution is 5.96. The van der Waals surface area contributed by atoms with Gasteiger partial charge in [0.1, 0.15) is 5.82 Å². The Morgan fingerprint density at radius 2 is 2.04 bits per heavy atom. The van der Waals surface area contributed by atoms with Crippen LogP contribution in [0.4, 0.5) is 17.2 Å². The van der Waals surface area contributed by atoms with E-state index in [-0.39, 0.29) is 5.91 Å². The fourth-order valence-corrected chi connectivity index (χ4v) is 3.11. The summed E-state index contributed by atoms with van der Waals surface area (Å²) in [7, 11) is 0. The van der Waals surface area contributed by atoms with Crippen LogP contribution in [0, 0.1) is 0 Å². The van der Waals surface area contributed by atoms with Crippen LogP contribution < -0.4 is 10.2 Å². The topological polar surface area (TPSA) is 63.1 Å². The van der Waals surface area contributed by atoms with Crippen molar-refractivity contribution in [1.82, 2.24) is 14.8 Å². The number of fused-ring (bicyclic) bond motifs is 1. The van der Waals surface area contributed by atoms with Gasteiger partial charge in [0.15, 0.2) is 0 Å². The number of anilines is 3. The molecule has 1 aliphatic heterocycles. The lowest BCUT2D eigenvalue weighted by Crippen LogP contribution is -2.34. The largest absolute Gasteiger partial charge is 0.340 e. The number of benzene rings is 1. The molecule has 0 fully saturated rings. The number of carbonyl (C=O) groups is 1. The molecule has 1 aliphatic rings. The summed E-state index contributed by atoms with van der Waals surface area (Å²) in [5.41, 5.74) is 4.02. The maximum absolute atomic E-state index is 12.1. The lowest BCUT2D eigenvalue weighted by molar-refractivity contribution is -0.118. The molecular formula is C19H19N5O. The average Bonchev–Trinajstić information content (AvgIpc) is 3.17. The van der Waals surface area contributed by atoms with Gasteiger partial charge < -0.3 is 10.2 Å². The van der Waals surface area contributed by atoms with Crippen LogP contribution in [0.5, 0.6) is 0 Å². The maximum Gasteiger partial charge on any atom is 0.227 e. The van der Waals surface area contributed by atoms with E-state index < -0.39 is 0 Å². The monoisotopic (exact) mass is 333 g/mol. The van der Waals surface area contributed by atoms with Crippen LogP contribution in [0.2, 0.25) is 0 Å². The molecule has 0 atom stereocenters. The highest BCUT2D eigenvalue weighted by atomic mass is 16.2. The van der Waals surface area contributed by atoms with Crippen molar-refractivity contribution in [2.45, 2.75) is 19.8 Å². The molecule has 0 spiro atoms. The molecule has 6 heteroatoms. The zero-order valence-corrected chi connectivity index (χ0v) is 14.0. The van der Waals surface area contributed by atoms with E-state index in [2.05, 4.69) is 15.4 Å². The summed E-state index contributed by atoms with van der Waals surface area (Å²) in [6.07, 6.45) is 6.85. The highest BCUT2D eigenvalue weighted by Crippen LogP contribution is 2.30. The van der Waals surface area contributed by atoms with Gasteiger partial charge in [-0.2, -0.15) is 5.10 Å². The Hall–Kier alpha value is -3.15. The SMILES string of the molecule is CCN1C(=O)CCc2cnc(Nc3ccc(-n4cccn4)cc3)cc21. The van der Waals surface area contributed by atoms with E-state index in [1.165, 1.54) is 0 Å². The second-order valence-electron chi connectivity index (χ2n) is 5.96. The summed E-state index contributed by atoms with van der Waals surface area (Å²) < 4.78 is 1.81. The Balaban J connectivity index is 1.57. The van der Waals surface area contributed by atoms with Crippen molar-refractivity contribution in [2.75, 3.05) is 16.8 Å². The molecule has 3 heterocycles. The van der Waals surface area contributed by atoms with Crippen molar-refractivity contribution in [3.05, 3.63) is 60.6 Å². The van der Waals surface area contributed by atoms with Crippen LogP contribution in [0.3, 0.4) is 0 Å². The Bertz CT molecular complexity index is 887. The molecule has 4 rings (SSSR count). The third-order valence-electron chi connectivity index (χ3n) is 4.39. The number of nitrogens with one attached hydrogen (secondary N) is 1. The number of aromatic nitrogens is 3. The normalized spacial score (nSPS) is 13.6. The second kappa shape index (κ2) is 6.39. The molecule has 6 nitrogen and oxygen atoms in total. The molecule has 0 aliphatic carbocycles. The third-order valence-corrected chi connectivity index (χ3v) is 4.39. The first-order valence-electron chi connectivity index (χ1n) is 8.41. The molecule has 126 valence electrons. The van der Waals surface area contributed by atoms with Crippen LogP contribution in [0.15, 0.2) is 55.0 Å². The lowest BCUT2D eigenvalue weighted by atomic mass is 10.0. The van der Waals surface area contributed by atoms with E-state index in [0.29, 0.717) is 13.0 Å². The van der Waals surface area contributed by atoms with E-state index in [0.717, 1.165) is 34.9 Å². The minimum Gasteiger partial charge on any atom is -0.340 e. The summed E-state index contributed by atoms with van der Waals surface area (Å²) in [5.74, 6) is 0.912. The van der Waals surface area contributed by atoms with Gasteiger partial charge in [0.05, 0.1) is 11.4 Å². The molecular weight excluding hydrogens is 314 g/mol. The van der Waals surface area contributed by atoms with Crippen molar-refractivity contribution in [3.8, 4) is 5.69 Å². The quantitative estimate of drug-likeness (QED) is 0.795. The summed E-state index contributed by atoms with van der Waals surface area (Å²) in [6.45, 7) is 2.67. The first-order chi connectivity index (χ1) is 12.2. The van der Waals surface area contributed by atoms with Crippen LogP contribution in [-0.2, 0) is 11.2 Å². The Morgan fingerprint density at radius 3 is 2.76 bits per heavy atom. The van der Waals surface area contributed by atoms with Gasteiger partial charge in [-0.3, -0.25) is 4.79 Å². The van der Waals surface area contributed by atoms with E-state index in [4.69, 9.17) is 0 Å². The molecule has 0 unspecified atom stereocenters. The molecule has 3 aromatic rings. The Labute approximate surface area is 146 Å². The van der Waals surface area contributed by atoms with Gasteiger partial charge in [-0.15, -0.1) is 0 Å². The van der Waals surface area contributed by atoms with E-state index in [1.54, 1.807) is 6.20 Å². The molecule has 0 saturated carbocycles. The fourth-order valence-electron chi connectivity index (χ4n) is 3.11. The van der Waals surface area contributed by atoms with E-state index in [1.807, 2.05) is 65.3 Å². The van der Waals surface area contributed by atoms with E-state index >= 15 is 0 Å². The average molecular weight is 333 g/mol. The van der Waals surface area contributed by atoms with Crippen molar-refractivity contribution >= 4 is 23.1 Å². The molecule has 0 bridgehead atoms. The van der Waals surface area contributed by atoms with Crippen LogP contribution in [0.25, 0.3) is 5.69 Å². The van der Waals surface area contributed by atoms with Gasteiger partial charge >= 0.3 is 0 Å². The zero-order valence-electron chi connectivity index (χ0n) is 14.0. The molecule has 2 aromatic heterocycles. The van der Waals surface area contributed by atoms with Crippen molar-refractivity contribution in [1.29, 1.82) is 0 Å². The number of aryl methyl sites for hydroxylation is 1. The van der Waals surface area contributed by atoms with Crippen LogP contribution in [-0.4, -0.2) is 27.2 Å². The predicted octanol–water partition coefficient (Wildman–Crippen LogP) is 3.31. The zero-order chi connectivity index (χ0) is 17.2. The lowest BCUT2D eigenvalue weighted by Gasteiger charge is -2.28. The second-order valence-corrected chi connectivity index (χ2v) is 5.96. The van der Waals surface area contributed by atoms with Gasteiger partial charge in [-0.1, -0.05) is 0 Å². The van der Waals surface area contributed by atoms with Gasteiger partial charge in [0.2, 0.25) is 5.91 Å². The van der Waals surface area contributed by atoms with Crippen molar-refractivity contribution in [3.63, 3.8) is 0 Å². The van der Waals surface area contributed by atoms with E-state index in [9.17, 15) is 4.79 Å². The number of hydrogen-bond acceptors (Lipinski definition) is 4. The number of nitrogens with zero attached hydrogens (tertiary/aromatic N) is 4. The first-order valence-corrected chi connectivity index (χ1v) is 8.41. The number of amides is 1. The number of rotatable bonds is 4. The summed E-state index contributed by atoms with van der Waals surface area (Å²) in [6, 6.07) is 11.8. The number of hydrogen-bond donors (Lipinski definition) is 1.